The van der Waals surface area contributed by atoms with Crippen molar-refractivity contribution in [1.29, 1.82) is 0 Å². The van der Waals surface area contributed by atoms with Crippen molar-refractivity contribution in [3.05, 3.63) is 93.5 Å². The number of anilines is 1. The van der Waals surface area contributed by atoms with E-state index in [1.54, 1.807) is 31.2 Å². The summed E-state index contributed by atoms with van der Waals surface area (Å²) >= 11 is 0. The Labute approximate surface area is 182 Å². The molecule has 0 atom stereocenters. The number of fused-ring (bicyclic) bond motifs is 1. The first-order chi connectivity index (χ1) is 15.4. The largest absolute Gasteiger partial charge is 0.496 e. The van der Waals surface area contributed by atoms with Gasteiger partial charge < -0.3 is 9.57 Å². The second-order valence-corrected chi connectivity index (χ2v) is 6.90. The summed E-state index contributed by atoms with van der Waals surface area (Å²) in [5.41, 5.74) is 1.29. The van der Waals surface area contributed by atoms with Crippen molar-refractivity contribution in [2.45, 2.75) is 6.92 Å². The van der Waals surface area contributed by atoms with E-state index in [1.807, 2.05) is 12.1 Å². The molecule has 0 fully saturated rings. The van der Waals surface area contributed by atoms with Crippen molar-refractivity contribution >= 4 is 28.9 Å². The molecule has 1 aliphatic rings. The van der Waals surface area contributed by atoms with Crippen molar-refractivity contribution in [2.75, 3.05) is 12.0 Å². The summed E-state index contributed by atoms with van der Waals surface area (Å²) < 4.78 is 5.30. The zero-order valence-electron chi connectivity index (χ0n) is 17.1. The minimum absolute atomic E-state index is 0.00000378. The first-order valence-electron chi connectivity index (χ1n) is 9.53. The fraction of sp³-hybridized carbons (Fsp3) is 0.0870. The summed E-state index contributed by atoms with van der Waals surface area (Å²) in [6.07, 6.45) is 0. The fourth-order valence-corrected chi connectivity index (χ4v) is 3.39. The molecule has 2 amide bonds. The van der Waals surface area contributed by atoms with Gasteiger partial charge >= 0.3 is 0 Å². The van der Waals surface area contributed by atoms with Gasteiger partial charge in [-0.05, 0) is 31.2 Å². The van der Waals surface area contributed by atoms with E-state index in [4.69, 9.17) is 9.57 Å². The highest BCUT2D eigenvalue weighted by Crippen LogP contribution is 2.34. The number of hydrogen-bond acceptors (Lipinski definition) is 7. The lowest BCUT2D eigenvalue weighted by Gasteiger charge is -2.14. The molecular formula is C23H17N3O6. The number of benzene rings is 3. The first kappa shape index (κ1) is 20.7. The van der Waals surface area contributed by atoms with Gasteiger partial charge in [0.1, 0.15) is 5.75 Å². The normalized spacial score (nSPS) is 13.2. The van der Waals surface area contributed by atoms with Gasteiger partial charge in [0.25, 0.3) is 17.5 Å². The number of nitro benzene ring substituents is 1. The Kier molecular flexibility index (Phi) is 5.38. The maximum absolute atomic E-state index is 12.8. The maximum Gasteiger partial charge on any atom is 0.275 e. The number of ether oxygens (including phenoxy) is 1. The highest BCUT2D eigenvalue weighted by molar-refractivity contribution is 6.34. The molecule has 0 radical (unpaired) electrons. The summed E-state index contributed by atoms with van der Waals surface area (Å²) in [4.78, 5) is 42.7. The topological polar surface area (TPSA) is 111 Å². The molecule has 0 aliphatic carbocycles. The number of amides is 2. The molecule has 3 aromatic carbocycles. The van der Waals surface area contributed by atoms with E-state index in [-0.39, 0.29) is 28.3 Å². The van der Waals surface area contributed by atoms with E-state index in [0.29, 0.717) is 17.0 Å². The van der Waals surface area contributed by atoms with Crippen LogP contribution in [0.25, 0.3) is 0 Å². The lowest BCUT2D eigenvalue weighted by atomic mass is 10.1. The number of para-hydroxylation sites is 1. The van der Waals surface area contributed by atoms with Crippen LogP contribution < -0.4 is 14.5 Å². The summed E-state index contributed by atoms with van der Waals surface area (Å²) in [6, 6.07) is 17.2. The number of rotatable bonds is 6. The first-order valence-corrected chi connectivity index (χ1v) is 9.53. The number of carbonyl (C=O) groups excluding carboxylic acids is 2. The minimum Gasteiger partial charge on any atom is -0.496 e. The molecule has 1 heterocycles. The molecule has 0 saturated heterocycles. The third-order valence-corrected chi connectivity index (χ3v) is 4.92. The number of nitrogens with zero attached hydrogens (tertiary/aromatic N) is 3. The minimum atomic E-state index is -0.634. The Balaban J connectivity index is 1.70. The Morgan fingerprint density at radius 1 is 0.969 bits per heavy atom. The smallest absolute Gasteiger partial charge is 0.275 e. The number of methoxy groups -OCH3 is 1. The number of hydrogen-bond donors (Lipinski definition) is 0. The molecule has 9 heteroatoms. The second kappa shape index (κ2) is 8.31. The van der Waals surface area contributed by atoms with Gasteiger partial charge in [-0.15, -0.1) is 0 Å². The van der Waals surface area contributed by atoms with Gasteiger partial charge in [-0.3, -0.25) is 19.7 Å². The number of non-ortho nitro benzene ring substituents is 1. The second-order valence-electron chi connectivity index (χ2n) is 6.90. The van der Waals surface area contributed by atoms with Gasteiger partial charge in [-0.25, -0.2) is 4.90 Å². The van der Waals surface area contributed by atoms with Crippen molar-refractivity contribution in [1.82, 2.24) is 0 Å². The monoisotopic (exact) mass is 431 g/mol. The maximum atomic E-state index is 12.8. The van der Waals surface area contributed by atoms with Crippen LogP contribution in [0, 0.1) is 10.1 Å². The van der Waals surface area contributed by atoms with Gasteiger partial charge in [0.05, 0.1) is 40.6 Å². The summed E-state index contributed by atoms with van der Waals surface area (Å²) in [5, 5.41) is 15.5. The van der Waals surface area contributed by atoms with Gasteiger partial charge in [0.2, 0.25) is 0 Å². The molecule has 0 spiro atoms. The molecule has 0 unspecified atom stereocenters. The van der Waals surface area contributed by atoms with Crippen molar-refractivity contribution in [2.24, 2.45) is 5.16 Å². The number of oxime groups is 1. The third kappa shape index (κ3) is 3.67. The van der Waals surface area contributed by atoms with Crippen LogP contribution in [0.2, 0.25) is 0 Å². The average molecular weight is 431 g/mol. The quantitative estimate of drug-likeness (QED) is 0.250. The Morgan fingerprint density at radius 3 is 2.22 bits per heavy atom. The lowest BCUT2D eigenvalue weighted by Crippen LogP contribution is -2.29. The van der Waals surface area contributed by atoms with Crippen molar-refractivity contribution in [3.8, 4) is 11.5 Å². The van der Waals surface area contributed by atoms with Crippen LogP contribution in [0.15, 0.2) is 71.9 Å². The molecule has 32 heavy (non-hydrogen) atoms. The predicted octanol–water partition coefficient (Wildman–Crippen LogP) is 4.21. The van der Waals surface area contributed by atoms with Crippen LogP contribution in [0.5, 0.6) is 11.5 Å². The van der Waals surface area contributed by atoms with E-state index in [2.05, 4.69) is 5.16 Å². The molecule has 0 saturated carbocycles. The Morgan fingerprint density at radius 2 is 1.59 bits per heavy atom. The predicted molar refractivity (Wildman–Crippen MR) is 117 cm³/mol. The number of carbonyl (C=O) groups is 2. The van der Waals surface area contributed by atoms with Crippen LogP contribution >= 0.6 is 0 Å². The number of nitro groups is 1. The van der Waals surface area contributed by atoms with Crippen LogP contribution in [0.1, 0.15) is 33.2 Å². The van der Waals surface area contributed by atoms with E-state index < -0.39 is 16.7 Å². The fourth-order valence-electron chi connectivity index (χ4n) is 3.39. The average Bonchev–Trinajstić information content (AvgIpc) is 3.07. The number of imide groups is 1. The van der Waals surface area contributed by atoms with E-state index in [1.165, 1.54) is 31.4 Å². The lowest BCUT2D eigenvalue weighted by molar-refractivity contribution is -0.384. The molecule has 160 valence electrons. The Bertz CT molecular complexity index is 1250. The highest BCUT2D eigenvalue weighted by Gasteiger charge is 2.37. The molecule has 3 aromatic rings. The van der Waals surface area contributed by atoms with Gasteiger partial charge in [-0.1, -0.05) is 29.4 Å². The summed E-state index contributed by atoms with van der Waals surface area (Å²) in [6.45, 7) is 1.69. The van der Waals surface area contributed by atoms with Gasteiger partial charge in [0.15, 0.2) is 5.75 Å². The van der Waals surface area contributed by atoms with E-state index >= 15 is 0 Å². The zero-order chi connectivity index (χ0) is 22.8. The zero-order valence-corrected chi connectivity index (χ0v) is 17.1. The molecule has 4 rings (SSSR count). The standard InChI is InChI=1S/C23H17N3O6/c1-14(18-7-5-6-10-21(18)31-2)24-32-17-12-15(11-16(13-17)26(29)30)25-22(27)19-8-3-4-9-20(19)23(25)28/h3-13H,1-2H3. The van der Waals surface area contributed by atoms with E-state index in [0.717, 1.165) is 11.0 Å². The molecular weight excluding hydrogens is 414 g/mol. The van der Waals surface area contributed by atoms with Crippen LogP contribution in [-0.2, 0) is 0 Å². The summed E-state index contributed by atoms with van der Waals surface area (Å²) in [7, 11) is 1.53. The van der Waals surface area contributed by atoms with Crippen molar-refractivity contribution < 1.29 is 24.1 Å². The molecule has 0 N–H and O–H groups in total. The van der Waals surface area contributed by atoms with Gasteiger partial charge in [-0.2, -0.15) is 0 Å². The Hall–Kier alpha value is -4.53. The van der Waals surface area contributed by atoms with Crippen LogP contribution in [-0.4, -0.2) is 29.6 Å². The van der Waals surface area contributed by atoms with Crippen LogP contribution in [0.4, 0.5) is 11.4 Å². The molecule has 9 nitrogen and oxygen atoms in total. The molecule has 1 aliphatic heterocycles. The van der Waals surface area contributed by atoms with Gasteiger partial charge in [0, 0.05) is 17.7 Å². The molecule has 0 aromatic heterocycles. The third-order valence-electron chi connectivity index (χ3n) is 4.92. The summed E-state index contributed by atoms with van der Waals surface area (Å²) in [5.74, 6) is -0.542. The molecule has 0 bridgehead atoms. The SMILES string of the molecule is COc1ccccc1C(C)=NOc1cc(N2C(=O)c3ccccc3C2=O)cc([N+](=O)[O-])c1. The van der Waals surface area contributed by atoms with Crippen LogP contribution in [0.3, 0.4) is 0 Å². The van der Waals surface area contributed by atoms with E-state index in [9.17, 15) is 19.7 Å². The van der Waals surface area contributed by atoms with Crippen molar-refractivity contribution in [3.63, 3.8) is 0 Å². The highest BCUT2D eigenvalue weighted by atomic mass is 16.6.